The molecule has 1 aliphatic rings. The summed E-state index contributed by atoms with van der Waals surface area (Å²) in [5.41, 5.74) is 0.773. The van der Waals surface area contributed by atoms with Crippen molar-refractivity contribution in [2.24, 2.45) is 0 Å². The van der Waals surface area contributed by atoms with Crippen molar-refractivity contribution in [1.82, 2.24) is 0 Å². The molecule has 0 bridgehead atoms. The molecular weight excluding hydrogens is 208 g/mol. The largest absolute Gasteiger partial charge is 0.381 e. The van der Waals surface area contributed by atoms with E-state index in [2.05, 4.69) is 11.4 Å². The first-order valence-electron chi connectivity index (χ1n) is 5.26. The van der Waals surface area contributed by atoms with E-state index in [-0.39, 0.29) is 5.69 Å². The quantitative estimate of drug-likeness (QED) is 0.626. The number of anilines is 1. The van der Waals surface area contributed by atoms with E-state index < -0.39 is 4.92 Å². The van der Waals surface area contributed by atoms with Crippen molar-refractivity contribution < 1.29 is 9.66 Å². The summed E-state index contributed by atoms with van der Waals surface area (Å²) in [6, 6.07) is 7.80. The number of ether oxygens (including phenoxy) is 1. The highest BCUT2D eigenvalue weighted by Crippen LogP contribution is 2.19. The lowest BCUT2D eigenvalue weighted by atomic mass is 10.1. The van der Waals surface area contributed by atoms with Gasteiger partial charge in [-0.05, 0) is 18.9 Å². The van der Waals surface area contributed by atoms with Crippen LogP contribution in [-0.4, -0.2) is 24.2 Å². The van der Waals surface area contributed by atoms with E-state index in [9.17, 15) is 10.1 Å². The summed E-state index contributed by atoms with van der Waals surface area (Å²) < 4.78 is 5.24. The third-order valence-corrected chi connectivity index (χ3v) is 2.58. The van der Waals surface area contributed by atoms with E-state index in [0.29, 0.717) is 11.7 Å². The van der Waals surface area contributed by atoms with E-state index in [1.807, 2.05) is 0 Å². The zero-order chi connectivity index (χ0) is 11.4. The van der Waals surface area contributed by atoms with Gasteiger partial charge in [-0.1, -0.05) is 0 Å². The molecule has 1 aliphatic heterocycles. The number of nitro benzene ring substituents is 1. The molecule has 0 aromatic heterocycles. The standard InChI is InChI=1S/C11H13N2O3/c14-13(15)11-3-1-2-10(8-11)12-9-4-6-16-7-5-9/h1,3,8-9,12H,4-7H2. The highest BCUT2D eigenvalue weighted by atomic mass is 16.6. The first-order chi connectivity index (χ1) is 7.75. The predicted octanol–water partition coefficient (Wildman–Crippen LogP) is 1.99. The summed E-state index contributed by atoms with van der Waals surface area (Å²) >= 11 is 0. The number of hydrogen-bond donors (Lipinski definition) is 1. The highest BCUT2D eigenvalue weighted by molar-refractivity contribution is 5.50. The van der Waals surface area contributed by atoms with Crippen LogP contribution in [0.2, 0.25) is 0 Å². The predicted molar refractivity (Wildman–Crippen MR) is 59.4 cm³/mol. The average Bonchev–Trinajstić information content (AvgIpc) is 2.30. The Kier molecular flexibility index (Phi) is 3.36. The number of rotatable bonds is 3. The monoisotopic (exact) mass is 221 g/mol. The number of benzene rings is 1. The third kappa shape index (κ3) is 2.70. The summed E-state index contributed by atoms with van der Waals surface area (Å²) in [5.74, 6) is 0. The fourth-order valence-corrected chi connectivity index (χ4v) is 1.71. The Hall–Kier alpha value is -1.62. The summed E-state index contributed by atoms with van der Waals surface area (Å²) in [6.45, 7) is 1.49. The molecular formula is C11H13N2O3. The molecule has 1 radical (unpaired) electrons. The summed E-state index contributed by atoms with van der Waals surface area (Å²) in [6.07, 6.45) is 1.85. The number of nitrogens with one attached hydrogen (secondary N) is 1. The Morgan fingerprint density at radius 1 is 1.50 bits per heavy atom. The molecule has 0 unspecified atom stereocenters. The smallest absolute Gasteiger partial charge is 0.271 e. The first-order valence-corrected chi connectivity index (χ1v) is 5.26. The molecule has 5 nitrogen and oxygen atoms in total. The molecule has 1 aromatic carbocycles. The summed E-state index contributed by atoms with van der Waals surface area (Å²) in [5, 5.41) is 13.8. The van der Waals surface area contributed by atoms with Gasteiger partial charge in [-0.25, -0.2) is 0 Å². The molecule has 85 valence electrons. The van der Waals surface area contributed by atoms with E-state index in [4.69, 9.17) is 4.74 Å². The molecule has 1 aromatic rings. The van der Waals surface area contributed by atoms with Crippen molar-refractivity contribution in [2.45, 2.75) is 18.9 Å². The molecule has 0 saturated carbocycles. The van der Waals surface area contributed by atoms with Crippen LogP contribution in [0.1, 0.15) is 12.8 Å². The van der Waals surface area contributed by atoms with Crippen LogP contribution in [-0.2, 0) is 4.74 Å². The minimum absolute atomic E-state index is 0.0910. The summed E-state index contributed by atoms with van der Waals surface area (Å²) in [7, 11) is 0. The van der Waals surface area contributed by atoms with Crippen molar-refractivity contribution in [3.63, 3.8) is 0 Å². The summed E-state index contributed by atoms with van der Waals surface area (Å²) in [4.78, 5) is 10.2. The third-order valence-electron chi connectivity index (χ3n) is 2.58. The van der Waals surface area contributed by atoms with Crippen LogP contribution in [0.15, 0.2) is 18.2 Å². The van der Waals surface area contributed by atoms with Gasteiger partial charge in [-0.3, -0.25) is 10.1 Å². The minimum atomic E-state index is -0.400. The molecule has 5 heteroatoms. The van der Waals surface area contributed by atoms with Crippen LogP contribution in [0, 0.1) is 16.2 Å². The van der Waals surface area contributed by atoms with Gasteiger partial charge in [0.25, 0.3) is 5.69 Å². The van der Waals surface area contributed by atoms with E-state index in [1.54, 1.807) is 6.07 Å². The zero-order valence-electron chi connectivity index (χ0n) is 8.81. The van der Waals surface area contributed by atoms with Gasteiger partial charge < -0.3 is 10.1 Å². The SMILES string of the molecule is O=[N+]([O-])c1cc[c]c(NC2CCOCC2)c1. The molecule has 16 heavy (non-hydrogen) atoms. The molecule has 0 spiro atoms. The maximum Gasteiger partial charge on any atom is 0.271 e. The lowest BCUT2D eigenvalue weighted by molar-refractivity contribution is -0.384. The van der Waals surface area contributed by atoms with Crippen LogP contribution in [0.5, 0.6) is 0 Å². The van der Waals surface area contributed by atoms with Crippen molar-refractivity contribution in [2.75, 3.05) is 18.5 Å². The van der Waals surface area contributed by atoms with Gasteiger partial charge in [0.2, 0.25) is 0 Å². The fraction of sp³-hybridized carbons (Fsp3) is 0.455. The van der Waals surface area contributed by atoms with Gasteiger partial charge in [0, 0.05) is 43.1 Å². The van der Waals surface area contributed by atoms with Gasteiger partial charge in [0.1, 0.15) is 0 Å². The number of non-ortho nitro benzene ring substituents is 1. The van der Waals surface area contributed by atoms with Crippen LogP contribution in [0.25, 0.3) is 0 Å². The maximum atomic E-state index is 10.6. The molecule has 1 saturated heterocycles. The van der Waals surface area contributed by atoms with Crippen LogP contribution >= 0.6 is 0 Å². The maximum absolute atomic E-state index is 10.6. The molecule has 1 fully saturated rings. The Morgan fingerprint density at radius 2 is 2.25 bits per heavy atom. The van der Waals surface area contributed by atoms with Gasteiger partial charge in [0.05, 0.1) is 4.92 Å². The van der Waals surface area contributed by atoms with E-state index in [0.717, 1.165) is 26.1 Å². The second-order valence-corrected chi connectivity index (χ2v) is 3.75. The van der Waals surface area contributed by atoms with Gasteiger partial charge in [-0.15, -0.1) is 0 Å². The van der Waals surface area contributed by atoms with Crippen molar-refractivity contribution in [1.29, 1.82) is 0 Å². The Morgan fingerprint density at radius 3 is 2.94 bits per heavy atom. The Labute approximate surface area is 93.6 Å². The number of hydrogen-bond acceptors (Lipinski definition) is 4. The molecule has 2 rings (SSSR count). The van der Waals surface area contributed by atoms with Crippen LogP contribution in [0.4, 0.5) is 11.4 Å². The van der Waals surface area contributed by atoms with E-state index in [1.165, 1.54) is 12.1 Å². The molecule has 0 amide bonds. The lowest BCUT2D eigenvalue weighted by Crippen LogP contribution is -2.27. The topological polar surface area (TPSA) is 64.4 Å². The molecule has 1 heterocycles. The van der Waals surface area contributed by atoms with Crippen molar-refractivity contribution >= 4 is 11.4 Å². The lowest BCUT2D eigenvalue weighted by Gasteiger charge is -2.23. The molecule has 0 aliphatic carbocycles. The van der Waals surface area contributed by atoms with Crippen LogP contribution < -0.4 is 5.32 Å². The minimum Gasteiger partial charge on any atom is -0.381 e. The normalized spacial score (nSPS) is 17.0. The Bertz CT molecular complexity index is 375. The highest BCUT2D eigenvalue weighted by Gasteiger charge is 2.14. The zero-order valence-corrected chi connectivity index (χ0v) is 8.81. The molecule has 1 N–H and O–H groups in total. The average molecular weight is 221 g/mol. The van der Waals surface area contributed by atoms with Gasteiger partial charge >= 0.3 is 0 Å². The second kappa shape index (κ2) is 4.94. The Balaban J connectivity index is 2.02. The van der Waals surface area contributed by atoms with Crippen molar-refractivity contribution in [3.8, 4) is 0 Å². The van der Waals surface area contributed by atoms with E-state index >= 15 is 0 Å². The van der Waals surface area contributed by atoms with Crippen molar-refractivity contribution in [3.05, 3.63) is 34.4 Å². The fourth-order valence-electron chi connectivity index (χ4n) is 1.71. The number of nitro groups is 1. The number of nitrogens with zero attached hydrogens (tertiary/aromatic N) is 1. The second-order valence-electron chi connectivity index (χ2n) is 3.75. The molecule has 0 atom stereocenters. The van der Waals surface area contributed by atoms with Gasteiger partial charge in [-0.2, -0.15) is 0 Å². The first kappa shape index (κ1) is 10.9. The van der Waals surface area contributed by atoms with Crippen LogP contribution in [0.3, 0.4) is 0 Å². The van der Waals surface area contributed by atoms with Gasteiger partial charge in [0.15, 0.2) is 0 Å².